The van der Waals surface area contributed by atoms with Gasteiger partial charge in [0.2, 0.25) is 0 Å². The number of hydrogen-bond donors (Lipinski definition) is 0. The highest BCUT2D eigenvalue weighted by molar-refractivity contribution is 5.88. The van der Waals surface area contributed by atoms with Crippen molar-refractivity contribution >= 4 is 11.9 Å². The van der Waals surface area contributed by atoms with Crippen LogP contribution in [0.5, 0.6) is 5.75 Å². The molecule has 0 radical (unpaired) electrons. The van der Waals surface area contributed by atoms with E-state index in [9.17, 15) is 0 Å². The third-order valence-corrected chi connectivity index (χ3v) is 3.45. The molecule has 0 bridgehead atoms. The lowest BCUT2D eigenvalue weighted by Crippen LogP contribution is -1.88. The molecule has 0 aromatic heterocycles. The minimum absolute atomic E-state index is 0.772. The van der Waals surface area contributed by atoms with Gasteiger partial charge in [0.25, 0.3) is 0 Å². The first-order chi connectivity index (χ1) is 10.9. The highest BCUT2D eigenvalue weighted by atomic mass is 16.5. The molecule has 0 heterocycles. The summed E-state index contributed by atoms with van der Waals surface area (Å²) < 4.78 is 5.48. The molecule has 0 N–H and O–H groups in total. The Balaban J connectivity index is 2.07. The van der Waals surface area contributed by atoms with Crippen molar-refractivity contribution in [3.63, 3.8) is 0 Å². The third kappa shape index (κ3) is 3.07. The Morgan fingerprint density at radius 3 is 2.14 bits per heavy atom. The van der Waals surface area contributed by atoms with Gasteiger partial charge in [-0.3, -0.25) is 4.99 Å². The largest absolute Gasteiger partial charge is 0.494 e. The molecule has 0 aliphatic rings. The van der Waals surface area contributed by atoms with Crippen molar-refractivity contribution < 1.29 is 4.74 Å². The molecule has 2 nitrogen and oxygen atoms in total. The molecule has 0 spiro atoms. The second-order valence-electron chi connectivity index (χ2n) is 4.89. The van der Waals surface area contributed by atoms with E-state index in [2.05, 4.69) is 23.2 Å². The monoisotopic (exact) mass is 287 g/mol. The van der Waals surface area contributed by atoms with Gasteiger partial charge >= 0.3 is 0 Å². The molecule has 3 aromatic carbocycles. The predicted molar refractivity (Wildman–Crippen MR) is 92.1 cm³/mol. The summed E-state index contributed by atoms with van der Waals surface area (Å²) >= 11 is 0. The number of ether oxygens (including phenoxy) is 1. The van der Waals surface area contributed by atoms with E-state index in [1.165, 1.54) is 0 Å². The average molecular weight is 287 g/mol. The zero-order chi connectivity index (χ0) is 15.2. The molecular weight excluding hydrogens is 270 g/mol. The Hall–Kier alpha value is -2.87. The lowest BCUT2D eigenvalue weighted by molar-refractivity contribution is 0.416. The highest BCUT2D eigenvalue weighted by Gasteiger charge is 2.09. The van der Waals surface area contributed by atoms with Gasteiger partial charge in [-0.2, -0.15) is 0 Å². The van der Waals surface area contributed by atoms with Gasteiger partial charge in [-0.1, -0.05) is 72.8 Å². The van der Waals surface area contributed by atoms with E-state index in [1.54, 1.807) is 7.11 Å². The molecular formula is C20H17NO. The van der Waals surface area contributed by atoms with Crippen LogP contribution in [0.15, 0.2) is 83.9 Å². The molecule has 3 rings (SSSR count). The number of para-hydroxylation sites is 1. The van der Waals surface area contributed by atoms with Crippen molar-refractivity contribution in [3.05, 3.63) is 84.4 Å². The zero-order valence-corrected chi connectivity index (χ0v) is 12.4. The summed E-state index contributed by atoms with van der Waals surface area (Å²) in [6.45, 7) is 0. The van der Waals surface area contributed by atoms with Crippen LogP contribution in [0.3, 0.4) is 0 Å². The Kier molecular flexibility index (Phi) is 4.30. The lowest BCUT2D eigenvalue weighted by Gasteiger charge is -2.10. The summed E-state index contributed by atoms with van der Waals surface area (Å²) in [4.78, 5) is 4.67. The van der Waals surface area contributed by atoms with Gasteiger partial charge in [0.05, 0.1) is 7.11 Å². The van der Waals surface area contributed by atoms with Crippen LogP contribution < -0.4 is 4.74 Å². The maximum Gasteiger partial charge on any atom is 0.145 e. The van der Waals surface area contributed by atoms with Crippen molar-refractivity contribution in [1.82, 2.24) is 0 Å². The quantitative estimate of drug-likeness (QED) is 0.611. The molecule has 0 aliphatic carbocycles. The van der Waals surface area contributed by atoms with E-state index in [0.717, 1.165) is 28.1 Å². The van der Waals surface area contributed by atoms with Gasteiger partial charge in [-0.25, -0.2) is 0 Å². The molecule has 0 unspecified atom stereocenters. The fourth-order valence-electron chi connectivity index (χ4n) is 2.35. The third-order valence-electron chi connectivity index (χ3n) is 3.45. The van der Waals surface area contributed by atoms with Crippen LogP contribution in [0.2, 0.25) is 0 Å². The minimum atomic E-state index is 0.772. The number of benzene rings is 3. The van der Waals surface area contributed by atoms with Crippen molar-refractivity contribution in [2.75, 3.05) is 7.11 Å². The molecule has 108 valence electrons. The molecule has 0 amide bonds. The summed E-state index contributed by atoms with van der Waals surface area (Å²) in [6.07, 6.45) is 1.87. The van der Waals surface area contributed by atoms with E-state index < -0.39 is 0 Å². The molecule has 0 atom stereocenters. The Labute approximate surface area is 130 Å². The maximum absolute atomic E-state index is 5.48. The highest BCUT2D eigenvalue weighted by Crippen LogP contribution is 2.37. The normalized spacial score (nSPS) is 10.8. The van der Waals surface area contributed by atoms with E-state index in [4.69, 9.17) is 4.74 Å². The molecule has 3 aromatic rings. The number of hydrogen-bond acceptors (Lipinski definition) is 2. The van der Waals surface area contributed by atoms with Crippen LogP contribution in [-0.2, 0) is 0 Å². The second-order valence-corrected chi connectivity index (χ2v) is 4.89. The van der Waals surface area contributed by atoms with Gasteiger partial charge in [0.1, 0.15) is 11.4 Å². The van der Waals surface area contributed by atoms with Crippen LogP contribution >= 0.6 is 0 Å². The van der Waals surface area contributed by atoms with Crippen LogP contribution in [-0.4, -0.2) is 13.3 Å². The second kappa shape index (κ2) is 6.72. The standard InChI is InChI=1S/C20H17NO/c1-22-19-14-8-13-18(17-11-6-3-7-12-17)20(19)21-15-16-9-4-2-5-10-16/h2-15H,1H3. The molecule has 2 heteroatoms. The summed E-state index contributed by atoms with van der Waals surface area (Å²) in [6, 6.07) is 26.3. The fourth-order valence-corrected chi connectivity index (χ4v) is 2.35. The first-order valence-corrected chi connectivity index (χ1v) is 7.20. The molecule has 0 fully saturated rings. The maximum atomic E-state index is 5.48. The summed E-state index contributed by atoms with van der Waals surface area (Å²) in [5.41, 5.74) is 4.10. The Morgan fingerprint density at radius 2 is 1.45 bits per heavy atom. The minimum Gasteiger partial charge on any atom is -0.494 e. The fraction of sp³-hybridized carbons (Fsp3) is 0.0500. The molecule has 0 saturated heterocycles. The summed E-state index contributed by atoms with van der Waals surface area (Å²) in [7, 11) is 1.67. The van der Waals surface area contributed by atoms with Crippen molar-refractivity contribution in [1.29, 1.82) is 0 Å². The van der Waals surface area contributed by atoms with E-state index in [-0.39, 0.29) is 0 Å². The van der Waals surface area contributed by atoms with Gasteiger partial charge in [-0.05, 0) is 17.2 Å². The number of nitrogens with zero attached hydrogens (tertiary/aromatic N) is 1. The summed E-state index contributed by atoms with van der Waals surface area (Å²) in [5, 5.41) is 0. The smallest absolute Gasteiger partial charge is 0.145 e. The first kappa shape index (κ1) is 14.1. The molecule has 0 saturated carbocycles. The molecule has 0 aliphatic heterocycles. The van der Waals surface area contributed by atoms with E-state index >= 15 is 0 Å². The van der Waals surface area contributed by atoms with Gasteiger partial charge in [0.15, 0.2) is 0 Å². The van der Waals surface area contributed by atoms with Gasteiger partial charge in [0, 0.05) is 11.8 Å². The zero-order valence-electron chi connectivity index (χ0n) is 12.4. The number of rotatable bonds is 4. The van der Waals surface area contributed by atoms with Gasteiger partial charge in [-0.15, -0.1) is 0 Å². The van der Waals surface area contributed by atoms with E-state index in [0.29, 0.717) is 0 Å². The SMILES string of the molecule is COc1cccc(-c2ccccc2)c1N=Cc1ccccc1. The van der Waals surface area contributed by atoms with Crippen LogP contribution in [0.25, 0.3) is 11.1 Å². The van der Waals surface area contributed by atoms with Crippen molar-refractivity contribution in [2.24, 2.45) is 4.99 Å². The molecule has 22 heavy (non-hydrogen) atoms. The van der Waals surface area contributed by atoms with Crippen LogP contribution in [0.4, 0.5) is 5.69 Å². The Morgan fingerprint density at radius 1 is 0.773 bits per heavy atom. The first-order valence-electron chi connectivity index (χ1n) is 7.20. The van der Waals surface area contributed by atoms with Crippen LogP contribution in [0, 0.1) is 0 Å². The number of aliphatic imine (C=N–C) groups is 1. The lowest BCUT2D eigenvalue weighted by atomic mass is 10.0. The summed E-state index contributed by atoms with van der Waals surface area (Å²) in [5.74, 6) is 0.772. The van der Waals surface area contributed by atoms with Crippen molar-refractivity contribution in [3.8, 4) is 16.9 Å². The van der Waals surface area contributed by atoms with Gasteiger partial charge < -0.3 is 4.74 Å². The van der Waals surface area contributed by atoms with Crippen LogP contribution in [0.1, 0.15) is 5.56 Å². The predicted octanol–water partition coefficient (Wildman–Crippen LogP) is 5.11. The number of methoxy groups -OCH3 is 1. The van der Waals surface area contributed by atoms with Crippen molar-refractivity contribution in [2.45, 2.75) is 0 Å². The Bertz CT molecular complexity index is 764. The van der Waals surface area contributed by atoms with E-state index in [1.807, 2.05) is 66.9 Å². The topological polar surface area (TPSA) is 21.6 Å². The average Bonchev–Trinajstić information content (AvgIpc) is 2.61.